The van der Waals surface area contributed by atoms with Crippen molar-refractivity contribution >= 4 is 11.9 Å². The third-order valence-corrected chi connectivity index (χ3v) is 3.91. The van der Waals surface area contributed by atoms with Crippen molar-refractivity contribution in [3.8, 4) is 0 Å². The summed E-state index contributed by atoms with van der Waals surface area (Å²) in [5.74, 6) is -0.612. The molecule has 0 radical (unpaired) electrons. The Hall–Kier alpha value is -2.66. The van der Waals surface area contributed by atoms with Crippen LogP contribution in [0.5, 0.6) is 0 Å². The molecule has 1 amide bonds. The van der Waals surface area contributed by atoms with E-state index in [1.54, 1.807) is 12.1 Å². The molecule has 0 aromatic heterocycles. The van der Waals surface area contributed by atoms with Gasteiger partial charge in [-0.1, -0.05) is 42.5 Å². The zero-order valence-electron chi connectivity index (χ0n) is 15.4. The highest BCUT2D eigenvalue weighted by Gasteiger charge is 2.19. The molecule has 0 aliphatic carbocycles. The molecule has 26 heavy (non-hydrogen) atoms. The van der Waals surface area contributed by atoms with Gasteiger partial charge >= 0.3 is 5.97 Å². The molecule has 0 bridgehead atoms. The molecular weight excluding hydrogens is 330 g/mol. The van der Waals surface area contributed by atoms with Gasteiger partial charge in [0.25, 0.3) is 5.91 Å². The lowest BCUT2D eigenvalue weighted by atomic mass is 10.0. The fourth-order valence-electron chi connectivity index (χ4n) is 2.44. The molecule has 0 spiro atoms. The number of carbonyl (C=O) groups excluding carboxylic acids is 2. The molecule has 2 aromatic rings. The molecule has 138 valence electrons. The second-order valence-electron chi connectivity index (χ2n) is 6.27. The van der Waals surface area contributed by atoms with E-state index in [1.807, 2.05) is 56.3 Å². The van der Waals surface area contributed by atoms with Gasteiger partial charge in [0.15, 0.2) is 0 Å². The van der Waals surface area contributed by atoms with Crippen LogP contribution in [0.15, 0.2) is 54.6 Å². The molecule has 0 fully saturated rings. The number of benzene rings is 2. The van der Waals surface area contributed by atoms with Gasteiger partial charge in [-0.25, -0.2) is 0 Å². The molecule has 0 aliphatic rings. The van der Waals surface area contributed by atoms with Crippen molar-refractivity contribution in [1.82, 2.24) is 5.32 Å². The van der Waals surface area contributed by atoms with E-state index in [2.05, 4.69) is 5.32 Å². The molecule has 0 unspecified atom stereocenters. The maximum atomic E-state index is 12.6. The number of amides is 1. The van der Waals surface area contributed by atoms with E-state index >= 15 is 0 Å². The summed E-state index contributed by atoms with van der Waals surface area (Å²) in [5.41, 5.74) is 2.39. The molecule has 1 N–H and O–H groups in total. The predicted molar refractivity (Wildman–Crippen MR) is 99.6 cm³/mol. The Morgan fingerprint density at radius 1 is 1.00 bits per heavy atom. The Labute approximate surface area is 154 Å². The van der Waals surface area contributed by atoms with Crippen molar-refractivity contribution in [3.63, 3.8) is 0 Å². The van der Waals surface area contributed by atoms with Gasteiger partial charge in [-0.15, -0.1) is 0 Å². The molecule has 2 aromatic carbocycles. The normalized spacial score (nSPS) is 11.8. The lowest BCUT2D eigenvalue weighted by Crippen LogP contribution is -2.30. The molecule has 5 heteroatoms. The number of hydrogen-bond acceptors (Lipinski definition) is 4. The van der Waals surface area contributed by atoms with Crippen LogP contribution in [0.4, 0.5) is 0 Å². The van der Waals surface area contributed by atoms with Crippen molar-refractivity contribution < 1.29 is 19.1 Å². The Kier molecular flexibility index (Phi) is 7.36. The number of esters is 1. The number of methoxy groups -OCH3 is 1. The molecule has 5 nitrogen and oxygen atoms in total. The van der Waals surface area contributed by atoms with Crippen LogP contribution in [0.25, 0.3) is 0 Å². The van der Waals surface area contributed by atoms with Crippen LogP contribution < -0.4 is 5.32 Å². The first kappa shape index (κ1) is 19.7. The van der Waals surface area contributed by atoms with E-state index in [1.165, 1.54) is 7.11 Å². The lowest BCUT2D eigenvalue weighted by Gasteiger charge is -2.18. The van der Waals surface area contributed by atoms with Crippen LogP contribution >= 0.6 is 0 Å². The molecule has 0 saturated heterocycles. The van der Waals surface area contributed by atoms with E-state index in [-0.39, 0.29) is 24.4 Å². The Morgan fingerprint density at radius 2 is 1.65 bits per heavy atom. The van der Waals surface area contributed by atoms with Crippen molar-refractivity contribution in [3.05, 3.63) is 71.3 Å². The van der Waals surface area contributed by atoms with Gasteiger partial charge in [-0.2, -0.15) is 0 Å². The smallest absolute Gasteiger partial charge is 0.307 e. The van der Waals surface area contributed by atoms with Crippen molar-refractivity contribution in [2.75, 3.05) is 7.11 Å². The summed E-state index contributed by atoms with van der Waals surface area (Å²) in [6.45, 7) is 4.47. The highest BCUT2D eigenvalue weighted by molar-refractivity contribution is 5.94. The fraction of sp³-hybridized carbons (Fsp3) is 0.333. The summed E-state index contributed by atoms with van der Waals surface area (Å²) < 4.78 is 10.3. The number of carbonyl (C=O) groups is 2. The standard InChI is InChI=1S/C21H25NO4/c1-15(2)26-14-16-9-11-18(12-10-16)21(24)22-19(13-20(23)25-3)17-7-5-4-6-8-17/h4-12,15,19H,13-14H2,1-3H3,(H,22,24)/t19-/m1/s1. The largest absolute Gasteiger partial charge is 0.469 e. The van der Waals surface area contributed by atoms with Gasteiger partial charge in [-0.3, -0.25) is 9.59 Å². The van der Waals surface area contributed by atoms with E-state index < -0.39 is 6.04 Å². The van der Waals surface area contributed by atoms with E-state index in [0.717, 1.165) is 11.1 Å². The number of nitrogens with one attached hydrogen (secondary N) is 1. The molecule has 1 atom stereocenters. The Balaban J connectivity index is 2.07. The number of hydrogen-bond donors (Lipinski definition) is 1. The summed E-state index contributed by atoms with van der Waals surface area (Å²) in [6, 6.07) is 16.2. The number of ether oxygens (including phenoxy) is 2. The Bertz CT molecular complexity index is 711. The molecule has 2 rings (SSSR count). The van der Waals surface area contributed by atoms with Crippen LogP contribution in [-0.2, 0) is 20.9 Å². The molecular formula is C21H25NO4. The van der Waals surface area contributed by atoms with Crippen molar-refractivity contribution in [1.29, 1.82) is 0 Å². The molecule has 0 heterocycles. The van der Waals surface area contributed by atoms with Gasteiger partial charge in [0.1, 0.15) is 0 Å². The third-order valence-electron chi connectivity index (χ3n) is 3.91. The first-order chi connectivity index (χ1) is 12.5. The maximum Gasteiger partial charge on any atom is 0.307 e. The zero-order chi connectivity index (χ0) is 18.9. The van der Waals surface area contributed by atoms with Crippen LogP contribution in [0, 0.1) is 0 Å². The van der Waals surface area contributed by atoms with E-state index in [0.29, 0.717) is 12.2 Å². The minimum atomic E-state index is -0.444. The quantitative estimate of drug-likeness (QED) is 0.734. The summed E-state index contributed by atoms with van der Waals surface area (Å²) >= 11 is 0. The molecule has 0 saturated carbocycles. The fourth-order valence-corrected chi connectivity index (χ4v) is 2.44. The molecule has 0 aliphatic heterocycles. The van der Waals surface area contributed by atoms with Crippen LogP contribution in [0.3, 0.4) is 0 Å². The highest BCUT2D eigenvalue weighted by Crippen LogP contribution is 2.18. The summed E-state index contributed by atoms with van der Waals surface area (Å²) in [7, 11) is 1.34. The zero-order valence-corrected chi connectivity index (χ0v) is 15.4. The van der Waals surface area contributed by atoms with Gasteiger partial charge < -0.3 is 14.8 Å². The summed E-state index contributed by atoms with van der Waals surface area (Å²) in [6.07, 6.45) is 0.231. The van der Waals surface area contributed by atoms with Crippen LogP contribution in [-0.4, -0.2) is 25.1 Å². The second kappa shape index (κ2) is 9.73. The van der Waals surface area contributed by atoms with Crippen molar-refractivity contribution in [2.24, 2.45) is 0 Å². The van der Waals surface area contributed by atoms with E-state index in [9.17, 15) is 9.59 Å². The van der Waals surface area contributed by atoms with Gasteiger partial charge in [0.2, 0.25) is 0 Å². The average molecular weight is 355 g/mol. The van der Waals surface area contributed by atoms with Gasteiger partial charge in [-0.05, 0) is 37.1 Å². The topological polar surface area (TPSA) is 64.6 Å². The maximum absolute atomic E-state index is 12.6. The summed E-state index contributed by atoms with van der Waals surface area (Å²) in [4.78, 5) is 24.3. The van der Waals surface area contributed by atoms with Crippen LogP contribution in [0.1, 0.15) is 47.8 Å². The van der Waals surface area contributed by atoms with Gasteiger partial charge in [0, 0.05) is 5.56 Å². The lowest BCUT2D eigenvalue weighted by molar-refractivity contribution is -0.141. The van der Waals surface area contributed by atoms with Crippen LogP contribution in [0.2, 0.25) is 0 Å². The second-order valence-corrected chi connectivity index (χ2v) is 6.27. The Morgan fingerprint density at radius 3 is 2.23 bits per heavy atom. The van der Waals surface area contributed by atoms with E-state index in [4.69, 9.17) is 9.47 Å². The monoisotopic (exact) mass is 355 g/mol. The minimum absolute atomic E-state index is 0.0760. The first-order valence-electron chi connectivity index (χ1n) is 8.62. The van der Waals surface area contributed by atoms with Gasteiger partial charge in [0.05, 0.1) is 32.3 Å². The van der Waals surface area contributed by atoms with Crippen molar-refractivity contribution in [2.45, 2.75) is 39.0 Å². The third kappa shape index (κ3) is 6.01. The minimum Gasteiger partial charge on any atom is -0.469 e. The predicted octanol–water partition coefficient (Wildman–Crippen LogP) is 3.65. The summed E-state index contributed by atoms with van der Waals surface area (Å²) in [5, 5.41) is 2.91. The highest BCUT2D eigenvalue weighted by atomic mass is 16.5. The number of rotatable bonds is 8. The SMILES string of the molecule is COC(=O)C[C@@H](NC(=O)c1ccc(COC(C)C)cc1)c1ccccc1. The first-order valence-corrected chi connectivity index (χ1v) is 8.62. The average Bonchev–Trinajstić information content (AvgIpc) is 2.66.